The molecule has 0 saturated carbocycles. The number of carbonyl (C=O) groups is 1. The van der Waals surface area contributed by atoms with Crippen molar-refractivity contribution in [3.8, 4) is 0 Å². The number of nitrogens with zero attached hydrogens (tertiary/aromatic N) is 1. The minimum Gasteiger partial charge on any atom is -0.352 e. The van der Waals surface area contributed by atoms with Crippen molar-refractivity contribution in [3.05, 3.63) is 33.1 Å². The van der Waals surface area contributed by atoms with Gasteiger partial charge in [0.1, 0.15) is 5.82 Å². The van der Waals surface area contributed by atoms with E-state index in [9.17, 15) is 9.18 Å². The van der Waals surface area contributed by atoms with Crippen LogP contribution in [0.2, 0.25) is 0 Å². The van der Waals surface area contributed by atoms with E-state index in [-0.39, 0.29) is 11.7 Å². The minimum absolute atomic E-state index is 0.142. The average Bonchev–Trinajstić information content (AvgIpc) is 2.33. The molecule has 0 aliphatic heterocycles. The molecule has 0 unspecified atom stereocenters. The van der Waals surface area contributed by atoms with E-state index in [1.54, 1.807) is 0 Å². The van der Waals surface area contributed by atoms with Crippen LogP contribution in [0.4, 0.5) is 4.39 Å². The average molecular weight is 378 g/mol. The summed E-state index contributed by atoms with van der Waals surface area (Å²) in [7, 11) is 2.06. The van der Waals surface area contributed by atoms with Gasteiger partial charge in [0.25, 0.3) is 5.91 Å². The first-order valence-corrected chi connectivity index (χ1v) is 7.43. The Labute approximate surface area is 127 Å². The summed E-state index contributed by atoms with van der Waals surface area (Å²) in [6.07, 6.45) is 0.901. The van der Waals surface area contributed by atoms with Crippen LogP contribution in [0.25, 0.3) is 0 Å². The quantitative estimate of drug-likeness (QED) is 0.610. The van der Waals surface area contributed by atoms with E-state index in [0.717, 1.165) is 13.0 Å². The highest BCUT2D eigenvalue weighted by molar-refractivity contribution is 14.1. The molecule has 0 aliphatic rings. The number of rotatable bonds is 6. The number of nitrogens with one attached hydrogen (secondary N) is 1. The maximum atomic E-state index is 12.9. The van der Waals surface area contributed by atoms with Crippen molar-refractivity contribution < 1.29 is 9.18 Å². The van der Waals surface area contributed by atoms with Gasteiger partial charge in [0, 0.05) is 16.2 Å². The minimum atomic E-state index is -0.320. The van der Waals surface area contributed by atoms with E-state index in [2.05, 4.69) is 31.1 Å². The molecule has 3 nitrogen and oxygen atoms in total. The third-order valence-corrected chi connectivity index (χ3v) is 3.92. The summed E-state index contributed by atoms with van der Waals surface area (Å²) in [5, 5.41) is 2.86. The van der Waals surface area contributed by atoms with Gasteiger partial charge in [0.15, 0.2) is 0 Å². The summed E-state index contributed by atoms with van der Waals surface area (Å²) in [6.45, 7) is 5.85. The van der Waals surface area contributed by atoms with Crippen LogP contribution >= 0.6 is 22.6 Å². The molecule has 0 fully saturated rings. The fourth-order valence-corrected chi connectivity index (χ4v) is 2.28. The number of benzene rings is 1. The second kappa shape index (κ2) is 7.79. The van der Waals surface area contributed by atoms with Gasteiger partial charge in [-0.3, -0.25) is 4.79 Å². The first-order chi connectivity index (χ1) is 8.91. The Morgan fingerprint density at radius 2 is 2.16 bits per heavy atom. The Kier molecular flexibility index (Phi) is 6.71. The summed E-state index contributed by atoms with van der Waals surface area (Å²) < 4.78 is 13.6. The predicted octanol–water partition coefficient (Wildman–Crippen LogP) is 2.89. The van der Waals surface area contributed by atoms with Crippen molar-refractivity contribution in [1.82, 2.24) is 10.2 Å². The lowest BCUT2D eigenvalue weighted by molar-refractivity contribution is 0.0950. The SMILES string of the molecule is CC(C)N(C)CCCNC(=O)c1ccc(F)cc1I. The zero-order valence-corrected chi connectivity index (χ0v) is 13.7. The molecule has 0 heterocycles. The Morgan fingerprint density at radius 3 is 2.74 bits per heavy atom. The zero-order chi connectivity index (χ0) is 14.4. The smallest absolute Gasteiger partial charge is 0.252 e. The van der Waals surface area contributed by atoms with Crippen molar-refractivity contribution in [2.75, 3.05) is 20.1 Å². The number of hydrogen-bond acceptors (Lipinski definition) is 2. The molecule has 0 aromatic heterocycles. The highest BCUT2D eigenvalue weighted by Gasteiger charge is 2.10. The van der Waals surface area contributed by atoms with Crippen LogP contribution in [0, 0.1) is 9.39 Å². The molecule has 0 saturated heterocycles. The van der Waals surface area contributed by atoms with E-state index in [1.165, 1.54) is 18.2 Å². The molecule has 19 heavy (non-hydrogen) atoms. The number of amides is 1. The van der Waals surface area contributed by atoms with Crippen LogP contribution < -0.4 is 5.32 Å². The van der Waals surface area contributed by atoms with Crippen LogP contribution in [-0.2, 0) is 0 Å². The molecule has 5 heteroatoms. The first-order valence-electron chi connectivity index (χ1n) is 6.35. The van der Waals surface area contributed by atoms with E-state index in [4.69, 9.17) is 0 Å². The van der Waals surface area contributed by atoms with Crippen LogP contribution in [0.15, 0.2) is 18.2 Å². The maximum Gasteiger partial charge on any atom is 0.252 e. The second-order valence-corrected chi connectivity index (χ2v) is 5.97. The van der Waals surface area contributed by atoms with Gasteiger partial charge in [-0.15, -0.1) is 0 Å². The summed E-state index contributed by atoms with van der Waals surface area (Å²) in [4.78, 5) is 14.1. The number of halogens is 2. The van der Waals surface area contributed by atoms with Gasteiger partial charge >= 0.3 is 0 Å². The molecule has 1 rings (SSSR count). The molecule has 1 aromatic carbocycles. The van der Waals surface area contributed by atoms with Gasteiger partial charge in [0.05, 0.1) is 5.56 Å². The van der Waals surface area contributed by atoms with Crippen molar-refractivity contribution in [3.63, 3.8) is 0 Å². The van der Waals surface area contributed by atoms with E-state index in [0.29, 0.717) is 21.7 Å². The summed E-state index contributed by atoms with van der Waals surface area (Å²) in [5.74, 6) is -0.462. The van der Waals surface area contributed by atoms with E-state index < -0.39 is 0 Å². The molecule has 0 atom stereocenters. The Bertz CT molecular complexity index is 437. The Hall–Kier alpha value is -0.690. The van der Waals surface area contributed by atoms with Crippen molar-refractivity contribution in [2.45, 2.75) is 26.3 Å². The van der Waals surface area contributed by atoms with Crippen molar-refractivity contribution >= 4 is 28.5 Å². The maximum absolute atomic E-state index is 12.9. The largest absolute Gasteiger partial charge is 0.352 e. The molecule has 0 bridgehead atoms. The van der Waals surface area contributed by atoms with Crippen LogP contribution in [0.5, 0.6) is 0 Å². The normalized spacial score (nSPS) is 11.1. The lowest BCUT2D eigenvalue weighted by Crippen LogP contribution is -2.31. The second-order valence-electron chi connectivity index (χ2n) is 4.81. The van der Waals surface area contributed by atoms with Crippen LogP contribution in [0.3, 0.4) is 0 Å². The highest BCUT2D eigenvalue weighted by atomic mass is 127. The predicted molar refractivity (Wildman–Crippen MR) is 83.8 cm³/mol. The van der Waals surface area contributed by atoms with E-state index in [1.807, 2.05) is 22.6 Å². The fraction of sp³-hybridized carbons (Fsp3) is 0.500. The van der Waals surface area contributed by atoms with Gasteiger partial charge in [-0.2, -0.15) is 0 Å². The zero-order valence-electron chi connectivity index (χ0n) is 11.5. The molecule has 1 aromatic rings. The Balaban J connectivity index is 2.39. The lowest BCUT2D eigenvalue weighted by Gasteiger charge is -2.20. The van der Waals surface area contributed by atoms with Crippen LogP contribution in [-0.4, -0.2) is 37.0 Å². The standard InChI is InChI=1S/C14H20FIN2O/c1-10(2)18(3)8-4-7-17-14(19)12-6-5-11(15)9-13(12)16/h5-6,9-10H,4,7-8H2,1-3H3,(H,17,19). The molecule has 1 N–H and O–H groups in total. The summed E-state index contributed by atoms with van der Waals surface area (Å²) in [6, 6.07) is 4.70. The summed E-state index contributed by atoms with van der Waals surface area (Å²) >= 11 is 1.97. The highest BCUT2D eigenvalue weighted by Crippen LogP contribution is 2.13. The molecule has 0 aliphatic carbocycles. The summed E-state index contributed by atoms with van der Waals surface area (Å²) in [5.41, 5.74) is 0.527. The molecule has 106 valence electrons. The lowest BCUT2D eigenvalue weighted by atomic mass is 10.2. The third-order valence-electron chi connectivity index (χ3n) is 3.03. The monoisotopic (exact) mass is 378 g/mol. The van der Waals surface area contributed by atoms with Gasteiger partial charge in [-0.1, -0.05) is 0 Å². The number of carbonyl (C=O) groups excluding carboxylic acids is 1. The third kappa shape index (κ3) is 5.44. The van der Waals surface area contributed by atoms with Crippen molar-refractivity contribution in [1.29, 1.82) is 0 Å². The van der Waals surface area contributed by atoms with Gasteiger partial charge in [-0.25, -0.2) is 4.39 Å². The number of hydrogen-bond donors (Lipinski definition) is 1. The van der Waals surface area contributed by atoms with Crippen LogP contribution in [0.1, 0.15) is 30.6 Å². The molecular weight excluding hydrogens is 358 g/mol. The fourth-order valence-electron chi connectivity index (χ4n) is 1.56. The van der Waals surface area contributed by atoms with Crippen molar-refractivity contribution in [2.24, 2.45) is 0 Å². The van der Waals surface area contributed by atoms with Gasteiger partial charge in [-0.05, 0) is 74.7 Å². The molecule has 0 radical (unpaired) electrons. The molecule has 1 amide bonds. The molecule has 0 spiro atoms. The van der Waals surface area contributed by atoms with E-state index >= 15 is 0 Å². The topological polar surface area (TPSA) is 32.3 Å². The Morgan fingerprint density at radius 1 is 1.47 bits per heavy atom. The van der Waals surface area contributed by atoms with Gasteiger partial charge < -0.3 is 10.2 Å². The first kappa shape index (κ1) is 16.4. The molecular formula is C14H20FIN2O. The van der Waals surface area contributed by atoms with Gasteiger partial charge in [0.2, 0.25) is 0 Å².